The van der Waals surface area contributed by atoms with Crippen LogP contribution in [0.2, 0.25) is 10.0 Å². The summed E-state index contributed by atoms with van der Waals surface area (Å²) < 4.78 is 65.2. The first kappa shape index (κ1) is 31.7. The van der Waals surface area contributed by atoms with Crippen LogP contribution >= 0.6 is 23.2 Å². The molecule has 4 atom stereocenters. The smallest absolute Gasteiger partial charge is 0.306 e. The largest absolute Gasteiger partial charge is 0.481 e. The lowest BCUT2D eigenvalue weighted by atomic mass is 9.89. The molecule has 45 heavy (non-hydrogen) atoms. The number of aliphatic carboxylic acids is 1. The van der Waals surface area contributed by atoms with Crippen LogP contribution < -0.4 is 4.31 Å². The Hall–Kier alpha value is -3.25. The zero-order valence-electron chi connectivity index (χ0n) is 23.9. The van der Waals surface area contributed by atoms with Gasteiger partial charge in [0.1, 0.15) is 17.9 Å². The SMILES string of the molecule is O=C(O)C[C@H]1OC(c2cccc(Cl)c2)C(c2ccc(Cl)cc2)N([C@H](CN(c2c(F)cccc2F)S(=O)(=O)C2CC2)C2CC2)C1=O. The lowest BCUT2D eigenvalue weighted by molar-refractivity contribution is -0.183. The first-order valence-electron chi connectivity index (χ1n) is 14.6. The number of sulfonamides is 1. The van der Waals surface area contributed by atoms with Crippen LogP contribution in [0.5, 0.6) is 0 Å². The van der Waals surface area contributed by atoms with E-state index < -0.39 is 81.7 Å². The number of ether oxygens (including phenoxy) is 1. The first-order valence-corrected chi connectivity index (χ1v) is 16.9. The molecule has 2 saturated carbocycles. The molecule has 0 spiro atoms. The number of hydrogen-bond donors (Lipinski definition) is 1. The average Bonchev–Trinajstić information content (AvgIpc) is 3.90. The molecule has 0 aromatic heterocycles. The van der Waals surface area contributed by atoms with Gasteiger partial charge >= 0.3 is 5.97 Å². The van der Waals surface area contributed by atoms with E-state index >= 15 is 8.78 Å². The molecule has 13 heteroatoms. The predicted molar refractivity (Wildman–Crippen MR) is 165 cm³/mol. The molecule has 238 valence electrons. The Bertz CT molecular complexity index is 1700. The number of carboxylic acid groups (broad SMARTS) is 1. The lowest BCUT2D eigenvalue weighted by Gasteiger charge is -2.49. The number of amides is 1. The van der Waals surface area contributed by atoms with Crippen molar-refractivity contribution < 1.29 is 36.6 Å². The molecule has 1 amide bonds. The zero-order chi connectivity index (χ0) is 32.0. The summed E-state index contributed by atoms with van der Waals surface area (Å²) in [5.74, 6) is -4.24. The van der Waals surface area contributed by atoms with Gasteiger partial charge in [0.25, 0.3) is 5.91 Å². The quantitative estimate of drug-likeness (QED) is 0.247. The topological polar surface area (TPSA) is 104 Å². The Morgan fingerprint density at radius 2 is 1.60 bits per heavy atom. The molecule has 2 aliphatic carbocycles. The van der Waals surface area contributed by atoms with E-state index in [2.05, 4.69) is 0 Å². The monoisotopic (exact) mass is 678 g/mol. The fourth-order valence-corrected chi connectivity index (χ4v) is 8.28. The zero-order valence-corrected chi connectivity index (χ0v) is 26.2. The molecule has 3 aromatic carbocycles. The molecule has 1 heterocycles. The van der Waals surface area contributed by atoms with Gasteiger partial charge < -0.3 is 14.7 Å². The van der Waals surface area contributed by atoms with Crippen LogP contribution in [0.25, 0.3) is 0 Å². The average molecular weight is 680 g/mol. The van der Waals surface area contributed by atoms with Crippen LogP contribution in [-0.4, -0.2) is 54.2 Å². The summed E-state index contributed by atoms with van der Waals surface area (Å²) >= 11 is 12.6. The number of para-hydroxylation sites is 1. The molecule has 1 N–H and O–H groups in total. The van der Waals surface area contributed by atoms with E-state index in [1.54, 1.807) is 48.5 Å². The molecule has 6 rings (SSSR count). The summed E-state index contributed by atoms with van der Waals surface area (Å²) in [7, 11) is -4.22. The Kier molecular flexibility index (Phi) is 8.82. The minimum atomic E-state index is -4.22. The third-order valence-corrected chi connectivity index (χ3v) is 11.2. The molecule has 3 fully saturated rings. The van der Waals surface area contributed by atoms with Crippen molar-refractivity contribution in [3.05, 3.63) is 99.5 Å². The van der Waals surface area contributed by atoms with E-state index in [9.17, 15) is 23.1 Å². The highest BCUT2D eigenvalue weighted by Gasteiger charge is 2.52. The number of carbonyl (C=O) groups is 2. The molecule has 3 aliphatic rings. The normalized spacial score (nSPS) is 22.7. The number of carbonyl (C=O) groups excluding carboxylic acids is 1. The van der Waals surface area contributed by atoms with Gasteiger partial charge in [0.05, 0.1) is 30.3 Å². The second-order valence-electron chi connectivity index (χ2n) is 11.7. The highest BCUT2D eigenvalue weighted by Crippen LogP contribution is 2.49. The van der Waals surface area contributed by atoms with Crippen molar-refractivity contribution in [2.24, 2.45) is 5.92 Å². The summed E-state index contributed by atoms with van der Waals surface area (Å²) in [5, 5.41) is 9.74. The lowest BCUT2D eigenvalue weighted by Crippen LogP contribution is -2.59. The van der Waals surface area contributed by atoms with Crippen LogP contribution in [-0.2, 0) is 24.3 Å². The number of rotatable bonds is 11. The van der Waals surface area contributed by atoms with E-state index in [0.29, 0.717) is 46.9 Å². The maximum atomic E-state index is 15.3. The highest BCUT2D eigenvalue weighted by atomic mass is 35.5. The number of anilines is 1. The van der Waals surface area contributed by atoms with Crippen LogP contribution in [0.4, 0.5) is 14.5 Å². The van der Waals surface area contributed by atoms with Crippen molar-refractivity contribution in [3.8, 4) is 0 Å². The molecular weight excluding hydrogens is 649 g/mol. The van der Waals surface area contributed by atoms with Crippen molar-refractivity contribution in [1.29, 1.82) is 0 Å². The summed E-state index contributed by atoms with van der Waals surface area (Å²) in [6.07, 6.45) is -1.03. The summed E-state index contributed by atoms with van der Waals surface area (Å²) in [5.41, 5.74) is 0.450. The third kappa shape index (κ3) is 6.54. The van der Waals surface area contributed by atoms with Crippen LogP contribution in [0.1, 0.15) is 55.4 Å². The number of benzene rings is 3. The first-order chi connectivity index (χ1) is 21.5. The number of morpholine rings is 1. The maximum absolute atomic E-state index is 15.3. The van der Waals surface area contributed by atoms with Gasteiger partial charge in [0, 0.05) is 10.0 Å². The maximum Gasteiger partial charge on any atom is 0.306 e. The standard InChI is InChI=1S/C32H30Cl2F2N2O6S/c33-21-11-9-19(10-12-21)29-31(20-3-1-4-22(34)15-20)44-27(16-28(39)40)32(41)38(29)26(18-7-8-18)17-37(45(42,43)23-13-14-23)30-24(35)5-2-6-25(30)36/h1-6,9-12,15,18,23,26-27,29,31H,7-8,13-14,16-17H2,(H,39,40)/t26-,27-,29?,31?/m1/s1. The fourth-order valence-electron chi connectivity index (χ4n) is 6.07. The second kappa shape index (κ2) is 12.5. The van der Waals surface area contributed by atoms with Gasteiger partial charge in [-0.05, 0) is 79.1 Å². The van der Waals surface area contributed by atoms with Crippen molar-refractivity contribution in [1.82, 2.24) is 4.90 Å². The van der Waals surface area contributed by atoms with Gasteiger partial charge in [0.2, 0.25) is 10.0 Å². The number of halogens is 4. The molecule has 8 nitrogen and oxygen atoms in total. The van der Waals surface area contributed by atoms with E-state index in [1.807, 2.05) is 0 Å². The van der Waals surface area contributed by atoms with Crippen LogP contribution in [0.3, 0.4) is 0 Å². The van der Waals surface area contributed by atoms with Gasteiger partial charge in [0.15, 0.2) is 11.6 Å². The van der Waals surface area contributed by atoms with Crippen LogP contribution in [0.15, 0.2) is 66.7 Å². The Morgan fingerprint density at radius 3 is 2.18 bits per heavy atom. The van der Waals surface area contributed by atoms with Gasteiger partial charge in [-0.25, -0.2) is 17.2 Å². The predicted octanol–water partition coefficient (Wildman–Crippen LogP) is 6.53. The van der Waals surface area contributed by atoms with Gasteiger partial charge in [-0.3, -0.25) is 13.9 Å². The minimum absolute atomic E-state index is 0.223. The number of carboxylic acids is 1. The number of hydrogen-bond acceptors (Lipinski definition) is 5. The van der Waals surface area contributed by atoms with E-state index in [4.69, 9.17) is 27.9 Å². The Balaban J connectivity index is 1.52. The molecule has 3 aromatic rings. The molecular formula is C32H30Cl2F2N2O6S. The van der Waals surface area contributed by atoms with Gasteiger partial charge in [-0.1, -0.05) is 53.5 Å². The summed E-state index contributed by atoms with van der Waals surface area (Å²) in [4.78, 5) is 27.7. The third-order valence-electron chi connectivity index (χ3n) is 8.49. The summed E-state index contributed by atoms with van der Waals surface area (Å²) in [6.45, 7) is -0.431. The minimum Gasteiger partial charge on any atom is -0.481 e. The van der Waals surface area contributed by atoms with Crippen molar-refractivity contribution in [3.63, 3.8) is 0 Å². The Labute approximate surface area is 269 Å². The van der Waals surface area contributed by atoms with Crippen molar-refractivity contribution >= 4 is 50.8 Å². The van der Waals surface area contributed by atoms with E-state index in [0.717, 1.165) is 22.5 Å². The Morgan fingerprint density at radius 1 is 0.956 bits per heavy atom. The highest BCUT2D eigenvalue weighted by molar-refractivity contribution is 7.93. The van der Waals surface area contributed by atoms with E-state index in [1.165, 1.54) is 4.90 Å². The molecule has 2 unspecified atom stereocenters. The summed E-state index contributed by atoms with van der Waals surface area (Å²) in [6, 6.07) is 14.9. The van der Waals surface area contributed by atoms with Crippen molar-refractivity contribution in [2.45, 2.75) is 61.6 Å². The molecule has 1 aliphatic heterocycles. The van der Waals surface area contributed by atoms with Gasteiger partial charge in [-0.15, -0.1) is 0 Å². The molecule has 0 bridgehead atoms. The van der Waals surface area contributed by atoms with Gasteiger partial charge in [-0.2, -0.15) is 0 Å². The van der Waals surface area contributed by atoms with Crippen molar-refractivity contribution in [2.75, 3.05) is 10.8 Å². The number of nitrogens with zero attached hydrogens (tertiary/aromatic N) is 2. The molecule has 0 radical (unpaired) electrons. The second-order valence-corrected chi connectivity index (χ2v) is 14.7. The molecule has 1 saturated heterocycles. The van der Waals surface area contributed by atoms with E-state index in [-0.39, 0.29) is 5.92 Å². The van der Waals surface area contributed by atoms with Crippen LogP contribution in [0, 0.1) is 17.6 Å². The fraction of sp³-hybridized carbons (Fsp3) is 0.375.